The van der Waals surface area contributed by atoms with Crippen molar-refractivity contribution in [2.24, 2.45) is 5.92 Å². The van der Waals surface area contributed by atoms with Gasteiger partial charge in [0.2, 0.25) is 10.0 Å². The standard InChI is InChI=1S/C20H27ClN2O2S/c1-2-22-13-18-19(16-7-9-17(21)10-8-16)26(24,25)23(14-15-5-6-15)20(18)11-3-4-12-20/h7-10,15,22H,2-6,11-14H2,1H3. The Morgan fingerprint density at radius 1 is 1.19 bits per heavy atom. The molecule has 1 aliphatic heterocycles. The molecule has 0 amide bonds. The molecule has 6 heteroatoms. The number of benzene rings is 1. The fourth-order valence-electron chi connectivity index (χ4n) is 4.60. The van der Waals surface area contributed by atoms with Crippen LogP contribution in [0.15, 0.2) is 29.8 Å². The van der Waals surface area contributed by atoms with Gasteiger partial charge in [0, 0.05) is 18.1 Å². The van der Waals surface area contributed by atoms with E-state index in [0.29, 0.717) is 28.9 Å². The van der Waals surface area contributed by atoms with Gasteiger partial charge in [-0.05, 0) is 61.4 Å². The monoisotopic (exact) mass is 394 g/mol. The minimum Gasteiger partial charge on any atom is -0.313 e. The van der Waals surface area contributed by atoms with E-state index in [0.717, 1.165) is 56.2 Å². The number of nitrogens with one attached hydrogen (secondary N) is 1. The molecular weight excluding hydrogens is 368 g/mol. The van der Waals surface area contributed by atoms with Crippen LogP contribution in [0.2, 0.25) is 5.02 Å². The molecule has 1 spiro atoms. The van der Waals surface area contributed by atoms with Crippen LogP contribution < -0.4 is 5.32 Å². The predicted octanol–water partition coefficient (Wildman–Crippen LogP) is 4.03. The highest BCUT2D eigenvalue weighted by atomic mass is 35.5. The molecule has 0 unspecified atom stereocenters. The van der Waals surface area contributed by atoms with Gasteiger partial charge >= 0.3 is 0 Å². The van der Waals surface area contributed by atoms with Crippen molar-refractivity contribution in [2.45, 2.75) is 51.0 Å². The lowest BCUT2D eigenvalue weighted by atomic mass is 9.85. The summed E-state index contributed by atoms with van der Waals surface area (Å²) in [5.74, 6) is 0.534. The van der Waals surface area contributed by atoms with Gasteiger partial charge in [-0.1, -0.05) is 43.5 Å². The Morgan fingerprint density at radius 3 is 2.42 bits per heavy atom. The molecule has 2 aliphatic carbocycles. The van der Waals surface area contributed by atoms with E-state index < -0.39 is 10.0 Å². The number of hydrogen-bond donors (Lipinski definition) is 1. The lowest BCUT2D eigenvalue weighted by molar-refractivity contribution is 0.231. The van der Waals surface area contributed by atoms with Gasteiger partial charge in [-0.15, -0.1) is 0 Å². The van der Waals surface area contributed by atoms with E-state index in [-0.39, 0.29) is 5.54 Å². The van der Waals surface area contributed by atoms with Gasteiger partial charge in [0.15, 0.2) is 0 Å². The number of halogens is 1. The summed E-state index contributed by atoms with van der Waals surface area (Å²) in [7, 11) is -3.49. The quantitative estimate of drug-likeness (QED) is 0.792. The lowest BCUT2D eigenvalue weighted by Gasteiger charge is -2.36. The Hall–Kier alpha value is -0.880. The van der Waals surface area contributed by atoms with Crippen LogP contribution in [-0.2, 0) is 10.0 Å². The van der Waals surface area contributed by atoms with Gasteiger partial charge in [-0.2, -0.15) is 4.31 Å². The largest absolute Gasteiger partial charge is 0.313 e. The SMILES string of the molecule is CCNCC1=C(c2ccc(Cl)cc2)S(=O)(=O)N(CC2CC2)C12CCCC2. The Bertz CT molecular complexity index is 807. The first-order valence-corrected chi connectivity index (χ1v) is 11.5. The average molecular weight is 395 g/mol. The first-order valence-electron chi connectivity index (χ1n) is 9.72. The van der Waals surface area contributed by atoms with Crippen LogP contribution in [0.1, 0.15) is 51.0 Å². The van der Waals surface area contributed by atoms with Crippen molar-refractivity contribution in [3.63, 3.8) is 0 Å². The second-order valence-corrected chi connectivity index (χ2v) is 10.0. The molecule has 2 fully saturated rings. The van der Waals surface area contributed by atoms with Gasteiger partial charge in [0.25, 0.3) is 0 Å². The van der Waals surface area contributed by atoms with E-state index in [1.807, 2.05) is 16.4 Å². The maximum atomic E-state index is 13.7. The number of sulfonamides is 1. The zero-order valence-electron chi connectivity index (χ0n) is 15.3. The summed E-state index contributed by atoms with van der Waals surface area (Å²) in [5, 5.41) is 4.03. The highest BCUT2D eigenvalue weighted by Crippen LogP contribution is 2.54. The Morgan fingerprint density at radius 2 is 1.85 bits per heavy atom. The topological polar surface area (TPSA) is 49.4 Å². The highest BCUT2D eigenvalue weighted by Gasteiger charge is 2.57. The summed E-state index contributed by atoms with van der Waals surface area (Å²) in [5.41, 5.74) is 1.52. The highest BCUT2D eigenvalue weighted by molar-refractivity contribution is 7.98. The van der Waals surface area contributed by atoms with Gasteiger partial charge in [0.1, 0.15) is 0 Å². The number of nitrogens with zero attached hydrogens (tertiary/aromatic N) is 1. The van der Waals surface area contributed by atoms with Crippen molar-refractivity contribution in [3.05, 3.63) is 40.4 Å². The molecule has 1 aromatic rings. The van der Waals surface area contributed by atoms with E-state index in [9.17, 15) is 8.42 Å². The van der Waals surface area contributed by atoms with Crippen LogP contribution in [0.3, 0.4) is 0 Å². The molecule has 4 nitrogen and oxygen atoms in total. The van der Waals surface area contributed by atoms with Crippen LogP contribution in [-0.4, -0.2) is 37.9 Å². The first-order chi connectivity index (χ1) is 12.5. The molecule has 1 heterocycles. The molecule has 26 heavy (non-hydrogen) atoms. The first kappa shape index (κ1) is 18.5. The van der Waals surface area contributed by atoms with Gasteiger partial charge < -0.3 is 5.32 Å². The molecular formula is C20H27ClN2O2S. The van der Waals surface area contributed by atoms with Crippen molar-refractivity contribution >= 4 is 26.5 Å². The average Bonchev–Trinajstić information content (AvgIpc) is 3.28. The number of hydrogen-bond acceptors (Lipinski definition) is 3. The molecule has 0 bridgehead atoms. The zero-order valence-corrected chi connectivity index (χ0v) is 16.9. The molecule has 0 aromatic heterocycles. The summed E-state index contributed by atoms with van der Waals surface area (Å²) in [6.07, 6.45) is 6.38. The third kappa shape index (κ3) is 3.03. The summed E-state index contributed by atoms with van der Waals surface area (Å²) in [4.78, 5) is 0.526. The van der Waals surface area contributed by atoms with Crippen molar-refractivity contribution in [3.8, 4) is 0 Å². The lowest BCUT2D eigenvalue weighted by Crippen LogP contribution is -2.48. The zero-order chi connectivity index (χ0) is 18.4. The molecule has 2 saturated carbocycles. The molecule has 1 N–H and O–H groups in total. The van der Waals surface area contributed by atoms with Gasteiger partial charge in [-0.25, -0.2) is 8.42 Å². The third-order valence-electron chi connectivity index (χ3n) is 6.07. The summed E-state index contributed by atoms with van der Waals surface area (Å²) in [6.45, 7) is 4.20. The van der Waals surface area contributed by atoms with Crippen LogP contribution >= 0.6 is 11.6 Å². The predicted molar refractivity (Wildman–Crippen MR) is 106 cm³/mol. The minimum atomic E-state index is -3.49. The van der Waals surface area contributed by atoms with Crippen molar-refractivity contribution in [1.29, 1.82) is 0 Å². The molecule has 0 saturated heterocycles. The van der Waals surface area contributed by atoms with E-state index in [2.05, 4.69) is 12.2 Å². The fourth-order valence-corrected chi connectivity index (χ4v) is 7.11. The molecule has 142 valence electrons. The smallest absolute Gasteiger partial charge is 0.244 e. The Balaban J connectivity index is 1.87. The summed E-state index contributed by atoms with van der Waals surface area (Å²) < 4.78 is 29.2. The van der Waals surface area contributed by atoms with Crippen LogP contribution in [0, 0.1) is 5.92 Å². The van der Waals surface area contributed by atoms with Crippen molar-refractivity contribution in [1.82, 2.24) is 9.62 Å². The summed E-state index contributed by atoms with van der Waals surface area (Å²) in [6, 6.07) is 7.28. The second kappa shape index (κ2) is 6.93. The Labute approximate surface area is 161 Å². The molecule has 4 rings (SSSR count). The number of rotatable bonds is 6. The normalized spacial score (nSPS) is 24.7. The third-order valence-corrected chi connectivity index (χ3v) is 8.40. The Kier molecular flexibility index (Phi) is 4.93. The molecule has 0 atom stereocenters. The van der Waals surface area contributed by atoms with E-state index in [1.54, 1.807) is 12.1 Å². The van der Waals surface area contributed by atoms with Crippen molar-refractivity contribution < 1.29 is 8.42 Å². The number of likely N-dealkylation sites (N-methyl/N-ethyl adjacent to an activating group) is 1. The maximum absolute atomic E-state index is 13.7. The fraction of sp³-hybridized carbons (Fsp3) is 0.600. The van der Waals surface area contributed by atoms with Gasteiger partial charge in [-0.3, -0.25) is 0 Å². The van der Waals surface area contributed by atoms with Crippen LogP contribution in [0.5, 0.6) is 0 Å². The van der Waals surface area contributed by atoms with Crippen LogP contribution in [0.25, 0.3) is 4.91 Å². The van der Waals surface area contributed by atoms with E-state index in [1.165, 1.54) is 0 Å². The second-order valence-electron chi connectivity index (χ2n) is 7.81. The summed E-state index contributed by atoms with van der Waals surface area (Å²) >= 11 is 6.05. The van der Waals surface area contributed by atoms with Crippen LogP contribution in [0.4, 0.5) is 0 Å². The maximum Gasteiger partial charge on any atom is 0.244 e. The van der Waals surface area contributed by atoms with Gasteiger partial charge in [0.05, 0.1) is 10.4 Å². The van der Waals surface area contributed by atoms with E-state index >= 15 is 0 Å². The van der Waals surface area contributed by atoms with E-state index in [4.69, 9.17) is 11.6 Å². The molecule has 1 aromatic carbocycles. The molecule has 3 aliphatic rings. The minimum absolute atomic E-state index is 0.321. The molecule has 0 radical (unpaired) electrons. The van der Waals surface area contributed by atoms with Crippen molar-refractivity contribution in [2.75, 3.05) is 19.6 Å².